The van der Waals surface area contributed by atoms with Gasteiger partial charge in [-0.25, -0.2) is 0 Å². The number of nitrogens with one attached hydrogen (secondary N) is 1. The van der Waals surface area contributed by atoms with Gasteiger partial charge in [-0.05, 0) is 23.8 Å². The van der Waals surface area contributed by atoms with Crippen molar-refractivity contribution >= 4 is 11.9 Å². The van der Waals surface area contributed by atoms with Crippen molar-refractivity contribution in [1.82, 2.24) is 5.32 Å². The zero-order valence-corrected chi connectivity index (χ0v) is 12.1. The maximum atomic E-state index is 11.9. The topological polar surface area (TPSA) is 66.4 Å². The van der Waals surface area contributed by atoms with Crippen LogP contribution in [-0.2, 0) is 16.1 Å². The average molecular weight is 277 g/mol. The van der Waals surface area contributed by atoms with E-state index in [1.807, 2.05) is 44.2 Å². The molecule has 4 nitrogen and oxygen atoms in total. The quantitative estimate of drug-likeness (QED) is 0.768. The first kappa shape index (κ1) is 16.2. The van der Waals surface area contributed by atoms with Crippen molar-refractivity contribution in [3.05, 3.63) is 35.9 Å². The Morgan fingerprint density at radius 3 is 2.35 bits per heavy atom. The number of carboxylic acids is 1. The van der Waals surface area contributed by atoms with Gasteiger partial charge in [-0.15, -0.1) is 0 Å². The van der Waals surface area contributed by atoms with Crippen molar-refractivity contribution in [2.24, 2.45) is 11.8 Å². The van der Waals surface area contributed by atoms with E-state index in [-0.39, 0.29) is 24.7 Å². The van der Waals surface area contributed by atoms with Crippen LogP contribution in [-0.4, -0.2) is 17.0 Å². The molecule has 0 aliphatic rings. The fraction of sp³-hybridized carbons (Fsp3) is 0.500. The lowest BCUT2D eigenvalue weighted by Crippen LogP contribution is -2.26. The van der Waals surface area contributed by atoms with E-state index in [1.165, 1.54) is 0 Å². The summed E-state index contributed by atoms with van der Waals surface area (Å²) in [6.45, 7) is 4.56. The van der Waals surface area contributed by atoms with E-state index in [0.717, 1.165) is 12.0 Å². The third kappa shape index (κ3) is 6.92. The van der Waals surface area contributed by atoms with Crippen LogP contribution in [0.3, 0.4) is 0 Å². The molecule has 2 N–H and O–H groups in total. The number of benzene rings is 1. The van der Waals surface area contributed by atoms with Gasteiger partial charge in [0.05, 0.1) is 0 Å². The maximum absolute atomic E-state index is 11.9. The molecule has 1 aromatic carbocycles. The van der Waals surface area contributed by atoms with E-state index >= 15 is 0 Å². The zero-order chi connectivity index (χ0) is 15.0. The predicted molar refractivity (Wildman–Crippen MR) is 78.1 cm³/mol. The van der Waals surface area contributed by atoms with Crippen molar-refractivity contribution in [2.75, 3.05) is 0 Å². The number of aliphatic carboxylic acids is 1. The second-order valence-corrected chi connectivity index (χ2v) is 5.56. The van der Waals surface area contributed by atoms with Crippen LogP contribution in [0.5, 0.6) is 0 Å². The minimum absolute atomic E-state index is 0.0525. The van der Waals surface area contributed by atoms with Gasteiger partial charge in [-0.1, -0.05) is 44.2 Å². The number of carbonyl (C=O) groups excluding carboxylic acids is 1. The lowest BCUT2D eigenvalue weighted by atomic mass is 9.91. The average Bonchev–Trinajstić information content (AvgIpc) is 2.36. The van der Waals surface area contributed by atoms with Gasteiger partial charge < -0.3 is 10.4 Å². The van der Waals surface area contributed by atoms with E-state index in [4.69, 9.17) is 5.11 Å². The predicted octanol–water partition coefficient (Wildman–Crippen LogP) is 2.83. The summed E-state index contributed by atoms with van der Waals surface area (Å²) in [4.78, 5) is 22.7. The van der Waals surface area contributed by atoms with Gasteiger partial charge in [0.25, 0.3) is 0 Å². The Morgan fingerprint density at radius 2 is 1.80 bits per heavy atom. The van der Waals surface area contributed by atoms with Crippen molar-refractivity contribution in [1.29, 1.82) is 0 Å². The Balaban J connectivity index is 2.42. The Labute approximate surface area is 120 Å². The molecule has 0 heterocycles. The lowest BCUT2D eigenvalue weighted by Gasteiger charge is -2.16. The Hall–Kier alpha value is -1.84. The van der Waals surface area contributed by atoms with Crippen molar-refractivity contribution < 1.29 is 14.7 Å². The first-order valence-corrected chi connectivity index (χ1v) is 6.99. The minimum Gasteiger partial charge on any atom is -0.481 e. The molecule has 1 amide bonds. The Morgan fingerprint density at radius 1 is 1.15 bits per heavy atom. The van der Waals surface area contributed by atoms with Gasteiger partial charge in [-0.2, -0.15) is 0 Å². The number of carboxylic acid groups (broad SMARTS) is 1. The fourth-order valence-corrected chi connectivity index (χ4v) is 2.28. The lowest BCUT2D eigenvalue weighted by molar-refractivity contribution is -0.138. The van der Waals surface area contributed by atoms with Crippen LogP contribution in [0.2, 0.25) is 0 Å². The van der Waals surface area contributed by atoms with Crippen LogP contribution < -0.4 is 5.32 Å². The summed E-state index contributed by atoms with van der Waals surface area (Å²) in [6, 6.07) is 9.67. The molecular formula is C16H23NO3. The van der Waals surface area contributed by atoms with Gasteiger partial charge in [0.1, 0.15) is 0 Å². The van der Waals surface area contributed by atoms with Gasteiger partial charge in [-0.3, -0.25) is 9.59 Å². The van der Waals surface area contributed by atoms with Crippen LogP contribution >= 0.6 is 0 Å². The van der Waals surface area contributed by atoms with Gasteiger partial charge in [0, 0.05) is 19.4 Å². The summed E-state index contributed by atoms with van der Waals surface area (Å²) in [5, 5.41) is 11.7. The molecule has 0 fully saturated rings. The molecular weight excluding hydrogens is 254 g/mol. The molecule has 0 unspecified atom stereocenters. The van der Waals surface area contributed by atoms with Gasteiger partial charge in [0.15, 0.2) is 0 Å². The van der Waals surface area contributed by atoms with Crippen LogP contribution in [0.4, 0.5) is 0 Å². The highest BCUT2D eigenvalue weighted by Crippen LogP contribution is 2.19. The van der Waals surface area contributed by atoms with Crippen molar-refractivity contribution in [2.45, 2.75) is 39.7 Å². The SMILES string of the molecule is CC(C)C[C@H](CC(=O)O)CC(=O)NCc1ccccc1. The van der Waals surface area contributed by atoms with Crippen LogP contribution in [0.15, 0.2) is 30.3 Å². The normalized spacial score (nSPS) is 12.2. The molecule has 1 rings (SSSR count). The molecule has 0 aliphatic heterocycles. The number of hydrogen-bond donors (Lipinski definition) is 2. The summed E-state index contributed by atoms with van der Waals surface area (Å²) in [6.07, 6.45) is 1.08. The smallest absolute Gasteiger partial charge is 0.303 e. The van der Waals surface area contributed by atoms with E-state index in [0.29, 0.717) is 12.5 Å². The molecule has 0 radical (unpaired) electrons. The summed E-state index contributed by atoms with van der Waals surface area (Å²) in [5.41, 5.74) is 1.04. The van der Waals surface area contributed by atoms with Crippen LogP contribution in [0.1, 0.15) is 38.7 Å². The zero-order valence-electron chi connectivity index (χ0n) is 12.1. The Kier molecular flexibility index (Phi) is 6.77. The molecule has 110 valence electrons. The molecule has 1 atom stereocenters. The molecule has 0 aromatic heterocycles. The highest BCUT2D eigenvalue weighted by Gasteiger charge is 2.18. The third-order valence-electron chi connectivity index (χ3n) is 3.07. The molecule has 1 aromatic rings. The number of rotatable bonds is 8. The van der Waals surface area contributed by atoms with Crippen molar-refractivity contribution in [3.63, 3.8) is 0 Å². The summed E-state index contributed by atoms with van der Waals surface area (Å²) in [5.74, 6) is -0.628. The van der Waals surface area contributed by atoms with E-state index in [1.54, 1.807) is 0 Å². The van der Waals surface area contributed by atoms with Crippen LogP contribution in [0.25, 0.3) is 0 Å². The van der Waals surface area contributed by atoms with Crippen LogP contribution in [0, 0.1) is 11.8 Å². The Bertz CT molecular complexity index is 429. The van der Waals surface area contributed by atoms with Crippen molar-refractivity contribution in [3.8, 4) is 0 Å². The fourth-order valence-electron chi connectivity index (χ4n) is 2.28. The third-order valence-corrected chi connectivity index (χ3v) is 3.07. The molecule has 0 bridgehead atoms. The number of amides is 1. The van der Waals surface area contributed by atoms with E-state index in [2.05, 4.69) is 5.32 Å². The summed E-state index contributed by atoms with van der Waals surface area (Å²) < 4.78 is 0. The maximum Gasteiger partial charge on any atom is 0.303 e. The molecule has 0 saturated heterocycles. The molecule has 0 spiro atoms. The van der Waals surface area contributed by atoms with E-state index in [9.17, 15) is 9.59 Å². The highest BCUT2D eigenvalue weighted by atomic mass is 16.4. The second-order valence-electron chi connectivity index (χ2n) is 5.56. The summed E-state index contributed by atoms with van der Waals surface area (Å²) in [7, 11) is 0. The number of carbonyl (C=O) groups is 2. The highest BCUT2D eigenvalue weighted by molar-refractivity contribution is 5.77. The van der Waals surface area contributed by atoms with E-state index < -0.39 is 5.97 Å². The molecule has 0 aliphatic carbocycles. The first-order chi connectivity index (χ1) is 9.47. The minimum atomic E-state index is -0.841. The first-order valence-electron chi connectivity index (χ1n) is 6.99. The number of hydrogen-bond acceptors (Lipinski definition) is 2. The molecule has 4 heteroatoms. The van der Waals surface area contributed by atoms with Gasteiger partial charge >= 0.3 is 5.97 Å². The standard InChI is InChI=1S/C16H23NO3/c1-12(2)8-14(10-16(19)20)9-15(18)17-11-13-6-4-3-5-7-13/h3-7,12,14H,8-11H2,1-2H3,(H,17,18)(H,19,20)/t14-/m0/s1. The molecule has 20 heavy (non-hydrogen) atoms. The largest absolute Gasteiger partial charge is 0.481 e. The molecule has 0 saturated carbocycles. The second kappa shape index (κ2) is 8.35. The summed E-state index contributed by atoms with van der Waals surface area (Å²) >= 11 is 0. The monoisotopic (exact) mass is 277 g/mol. The van der Waals surface area contributed by atoms with Gasteiger partial charge in [0.2, 0.25) is 5.91 Å².